The number of aryl methyl sites for hydroxylation is 1. The third kappa shape index (κ3) is 10.0. The molecule has 0 spiro atoms. The lowest BCUT2D eigenvalue weighted by molar-refractivity contribution is -0.125. The maximum Gasteiger partial charge on any atom is 0.207 e. The smallest absolute Gasteiger partial charge is 0.207 e. The van der Waals surface area contributed by atoms with E-state index in [0.717, 1.165) is 43.2 Å². The summed E-state index contributed by atoms with van der Waals surface area (Å²) in [4.78, 5) is 18.5. The van der Waals surface area contributed by atoms with Crippen LogP contribution in [0.2, 0.25) is 0 Å². The van der Waals surface area contributed by atoms with Crippen LogP contribution in [-0.4, -0.2) is 85.0 Å². The number of ketones is 1. The Balaban J connectivity index is 1.40. The van der Waals surface area contributed by atoms with Crippen molar-refractivity contribution in [2.75, 3.05) is 46.3 Å². The second-order valence-electron chi connectivity index (χ2n) is 14.6. The first kappa shape index (κ1) is 39.9. The lowest BCUT2D eigenvalue weighted by Gasteiger charge is -2.33. The molecule has 1 heterocycles. The standard InChI is InChI=1S/C41H56N4O8/c1-42-27-40(17-15-30(25-40)24-37(49)52-20-8-19-46)53-35-22-28-9-4-5-12-36(48)41(26-29-13-14-33(47)34(23-29)51-3)16-6-10-31(41)11-7-18-44-39(43-2)45-32(21-28)38(35)50/h5,12-14,21-23,30-31,37,42,46-47,49-50H,4,6,8-11,15-17,19-20,24-27H2,1-3H3,(H2,43,44,45)/b12-5+/t30-,31+,37-,40-,41-/m1/s1. The normalized spacial score (nSPS) is 26.5. The van der Waals surface area contributed by atoms with Gasteiger partial charge < -0.3 is 45.3 Å². The summed E-state index contributed by atoms with van der Waals surface area (Å²) in [5.74, 6) is 4.59. The summed E-state index contributed by atoms with van der Waals surface area (Å²) >= 11 is 0. The van der Waals surface area contributed by atoms with Crippen LogP contribution in [0, 0.1) is 29.2 Å². The molecule has 2 saturated carbocycles. The predicted octanol–water partition coefficient (Wildman–Crippen LogP) is 4.79. The zero-order valence-electron chi connectivity index (χ0n) is 31.2. The maximum absolute atomic E-state index is 14.2. The van der Waals surface area contributed by atoms with E-state index in [1.54, 1.807) is 19.2 Å². The molecule has 288 valence electrons. The highest BCUT2D eigenvalue weighted by atomic mass is 16.6. The van der Waals surface area contributed by atoms with E-state index in [-0.39, 0.29) is 35.7 Å². The number of anilines is 1. The lowest BCUT2D eigenvalue weighted by atomic mass is 9.69. The quantitative estimate of drug-likeness (QED) is 0.0653. The van der Waals surface area contributed by atoms with Crippen LogP contribution < -0.4 is 25.4 Å². The highest BCUT2D eigenvalue weighted by Gasteiger charge is 2.47. The average molecular weight is 733 g/mol. The number of phenolic OH excluding ortho intramolecular Hbond substituents is 2. The fraction of sp³-hybridized carbons (Fsp3) is 0.561. The first-order valence-electron chi connectivity index (χ1n) is 18.8. The number of carbonyl (C=O) groups is 1. The van der Waals surface area contributed by atoms with Gasteiger partial charge in [0.2, 0.25) is 5.96 Å². The monoisotopic (exact) mass is 732 g/mol. The van der Waals surface area contributed by atoms with E-state index in [2.05, 4.69) is 32.9 Å². The van der Waals surface area contributed by atoms with Gasteiger partial charge in [-0.1, -0.05) is 24.5 Å². The number of likely N-dealkylation sites (N-methyl/N-ethyl adjacent to an activating group) is 1. The minimum atomic E-state index is -0.919. The number of allylic oxidation sites excluding steroid dienone is 2. The second-order valence-corrected chi connectivity index (χ2v) is 14.6. The molecule has 2 fully saturated rings. The number of methoxy groups -OCH3 is 1. The lowest BCUT2D eigenvalue weighted by Crippen LogP contribution is -2.43. The number of aromatic hydroxyl groups is 2. The Hall–Kier alpha value is -4.28. The Morgan fingerprint density at radius 1 is 1.15 bits per heavy atom. The summed E-state index contributed by atoms with van der Waals surface area (Å²) in [5.41, 5.74) is 0.979. The molecule has 0 unspecified atom stereocenters. The number of carbonyl (C=O) groups excluding carboxylic acids is 1. The SMILES string of the molecule is CN=C1NC#CC[C@@H]2CCC[C@]2(Cc2ccc(O)c(OC)c2)C(=O)/C=C/CCc2cc(c(O)c(O[C@]3(CNC)CC[C@H](C[C@H](O)OCCCO)C3)c2)N1. The fourth-order valence-electron chi connectivity index (χ4n) is 8.30. The van der Waals surface area contributed by atoms with Gasteiger partial charge in [-0.2, -0.15) is 0 Å². The number of ether oxygens (including phenoxy) is 3. The Kier molecular flexibility index (Phi) is 14.1. The molecule has 1 aliphatic heterocycles. The molecule has 53 heavy (non-hydrogen) atoms. The number of benzene rings is 2. The van der Waals surface area contributed by atoms with Crippen molar-refractivity contribution in [3.63, 3.8) is 0 Å². The van der Waals surface area contributed by atoms with Crippen LogP contribution >= 0.6 is 0 Å². The van der Waals surface area contributed by atoms with E-state index in [1.807, 2.05) is 37.4 Å². The number of guanidine groups is 1. The van der Waals surface area contributed by atoms with E-state index < -0.39 is 17.3 Å². The van der Waals surface area contributed by atoms with Crippen LogP contribution in [-0.2, 0) is 22.4 Å². The number of aliphatic imine (C=N–C) groups is 1. The molecule has 2 bridgehead atoms. The summed E-state index contributed by atoms with van der Waals surface area (Å²) < 4.78 is 17.6. The van der Waals surface area contributed by atoms with Crippen molar-refractivity contribution in [3.05, 3.63) is 53.6 Å². The summed E-state index contributed by atoms with van der Waals surface area (Å²) in [7, 11) is 5.02. The molecule has 2 aromatic carbocycles. The molecule has 0 aromatic heterocycles. The molecule has 2 aliphatic carbocycles. The van der Waals surface area contributed by atoms with Gasteiger partial charge in [0.15, 0.2) is 35.1 Å². The van der Waals surface area contributed by atoms with Crippen LogP contribution in [0.25, 0.3) is 0 Å². The Labute approximate surface area is 313 Å². The molecule has 3 aliphatic rings. The molecule has 5 rings (SSSR count). The number of hydrogen-bond acceptors (Lipinski definition) is 10. The molecule has 0 saturated heterocycles. The molecule has 12 heteroatoms. The Morgan fingerprint density at radius 2 is 2.00 bits per heavy atom. The van der Waals surface area contributed by atoms with Gasteiger partial charge >= 0.3 is 0 Å². The minimum absolute atomic E-state index is 0.0116. The summed E-state index contributed by atoms with van der Waals surface area (Å²) in [6, 6.07) is 12.0. The number of nitrogens with one attached hydrogen (secondary N) is 3. The third-order valence-electron chi connectivity index (χ3n) is 11.0. The number of fused-ring (bicyclic) bond motifs is 3. The second kappa shape index (κ2) is 18.7. The van der Waals surface area contributed by atoms with Crippen molar-refractivity contribution in [1.82, 2.24) is 10.6 Å². The number of hydrogen-bond donors (Lipinski definition) is 7. The van der Waals surface area contributed by atoms with Crippen molar-refractivity contribution < 1.29 is 39.4 Å². The van der Waals surface area contributed by atoms with Crippen molar-refractivity contribution in [3.8, 4) is 35.0 Å². The molecule has 0 amide bonds. The van der Waals surface area contributed by atoms with Gasteiger partial charge in [0.25, 0.3) is 0 Å². The highest BCUT2D eigenvalue weighted by molar-refractivity contribution is 5.97. The first-order valence-corrected chi connectivity index (χ1v) is 18.8. The van der Waals surface area contributed by atoms with Gasteiger partial charge in [-0.15, -0.1) is 0 Å². The van der Waals surface area contributed by atoms with Gasteiger partial charge in [0.1, 0.15) is 5.60 Å². The molecule has 5 atom stereocenters. The van der Waals surface area contributed by atoms with E-state index >= 15 is 0 Å². The summed E-state index contributed by atoms with van der Waals surface area (Å²) in [6.45, 7) is 0.848. The minimum Gasteiger partial charge on any atom is -0.504 e. The van der Waals surface area contributed by atoms with E-state index in [4.69, 9.17) is 19.3 Å². The van der Waals surface area contributed by atoms with E-state index in [9.17, 15) is 20.1 Å². The first-order chi connectivity index (χ1) is 25.6. The third-order valence-corrected chi connectivity index (χ3v) is 11.0. The number of aliphatic hydroxyl groups excluding tert-OH is 2. The molecular formula is C41H56N4O8. The van der Waals surface area contributed by atoms with Gasteiger partial charge in [-0.05, 0) is 118 Å². The van der Waals surface area contributed by atoms with Crippen molar-refractivity contribution >= 4 is 17.4 Å². The molecular weight excluding hydrogens is 676 g/mol. The van der Waals surface area contributed by atoms with Crippen LogP contribution in [0.5, 0.6) is 23.0 Å². The zero-order chi connectivity index (χ0) is 37.8. The maximum atomic E-state index is 14.2. The van der Waals surface area contributed by atoms with Gasteiger partial charge in [0, 0.05) is 44.5 Å². The summed E-state index contributed by atoms with van der Waals surface area (Å²) in [5, 5.41) is 50.8. The molecule has 7 N–H and O–H groups in total. The van der Waals surface area contributed by atoms with E-state index in [0.29, 0.717) is 81.2 Å². The number of nitrogens with zero attached hydrogens (tertiary/aromatic N) is 1. The summed E-state index contributed by atoms with van der Waals surface area (Å²) in [6.07, 6.45) is 10.6. The Morgan fingerprint density at radius 3 is 2.77 bits per heavy atom. The molecule has 12 nitrogen and oxygen atoms in total. The largest absolute Gasteiger partial charge is 0.504 e. The van der Waals surface area contributed by atoms with Crippen molar-refractivity contribution in [2.24, 2.45) is 22.2 Å². The number of rotatable bonds is 13. The number of aliphatic hydroxyl groups is 2. The average Bonchev–Trinajstić information content (AvgIpc) is 3.73. The van der Waals surface area contributed by atoms with Crippen LogP contribution in [0.4, 0.5) is 5.69 Å². The molecule has 0 radical (unpaired) electrons. The van der Waals surface area contributed by atoms with Crippen LogP contribution in [0.3, 0.4) is 0 Å². The molecule has 2 aromatic rings. The van der Waals surface area contributed by atoms with Crippen LogP contribution in [0.15, 0.2) is 47.5 Å². The number of phenols is 2. The van der Waals surface area contributed by atoms with Gasteiger partial charge in [0.05, 0.1) is 19.4 Å². The topological polar surface area (TPSA) is 174 Å². The fourth-order valence-corrected chi connectivity index (χ4v) is 8.30. The Bertz CT molecular complexity index is 1690. The van der Waals surface area contributed by atoms with E-state index in [1.165, 1.54) is 7.11 Å². The van der Waals surface area contributed by atoms with Crippen LogP contribution in [0.1, 0.15) is 75.3 Å². The van der Waals surface area contributed by atoms with Crippen molar-refractivity contribution in [1.29, 1.82) is 0 Å². The predicted molar refractivity (Wildman–Crippen MR) is 204 cm³/mol. The highest BCUT2D eigenvalue weighted by Crippen LogP contribution is 2.49. The van der Waals surface area contributed by atoms with Gasteiger partial charge in [-0.3, -0.25) is 15.1 Å². The zero-order valence-corrected chi connectivity index (χ0v) is 31.2. The van der Waals surface area contributed by atoms with Gasteiger partial charge in [-0.25, -0.2) is 0 Å². The van der Waals surface area contributed by atoms with Crippen molar-refractivity contribution in [2.45, 2.75) is 88.9 Å².